The molecule has 0 N–H and O–H groups in total. The first-order chi connectivity index (χ1) is 14.2. The lowest BCUT2D eigenvalue weighted by Crippen LogP contribution is -2.48. The lowest BCUT2D eigenvalue weighted by Gasteiger charge is -2.35. The number of anilines is 1. The highest BCUT2D eigenvalue weighted by Gasteiger charge is 2.25. The minimum atomic E-state index is -0.0858. The molecular weight excluding hydrogens is 366 g/mol. The van der Waals surface area contributed by atoms with E-state index in [9.17, 15) is 4.79 Å². The smallest absolute Gasteiger partial charge is 0.289 e. The number of pyridine rings is 1. The molecule has 1 amide bonds. The maximum Gasteiger partial charge on any atom is 0.289 e. The molecular formula is C23H21N3O3. The number of methoxy groups -OCH3 is 1. The van der Waals surface area contributed by atoms with E-state index in [1.165, 1.54) is 5.69 Å². The molecule has 6 heteroatoms. The molecule has 1 fully saturated rings. The average molecular weight is 387 g/mol. The van der Waals surface area contributed by atoms with E-state index in [1.807, 2.05) is 47.4 Å². The number of ether oxygens (including phenoxy) is 1. The Kier molecular flexibility index (Phi) is 4.31. The van der Waals surface area contributed by atoms with Crippen molar-refractivity contribution < 1.29 is 13.9 Å². The maximum absolute atomic E-state index is 13.0. The van der Waals surface area contributed by atoms with Crippen LogP contribution in [0, 0.1) is 0 Å². The topological polar surface area (TPSA) is 58.8 Å². The van der Waals surface area contributed by atoms with Crippen LogP contribution < -0.4 is 9.64 Å². The van der Waals surface area contributed by atoms with Crippen LogP contribution in [-0.2, 0) is 0 Å². The number of rotatable bonds is 3. The van der Waals surface area contributed by atoms with Gasteiger partial charge in [-0.25, -0.2) is 4.98 Å². The Morgan fingerprint density at radius 3 is 2.52 bits per heavy atom. The van der Waals surface area contributed by atoms with Crippen molar-refractivity contribution in [2.45, 2.75) is 0 Å². The van der Waals surface area contributed by atoms with Gasteiger partial charge in [-0.15, -0.1) is 0 Å². The minimum absolute atomic E-state index is 0.0858. The average Bonchev–Trinajstić information content (AvgIpc) is 3.20. The number of carbonyl (C=O) groups is 1. The Bertz CT molecular complexity index is 1180. The van der Waals surface area contributed by atoms with Gasteiger partial charge in [0.15, 0.2) is 5.76 Å². The molecule has 0 spiro atoms. The van der Waals surface area contributed by atoms with Crippen molar-refractivity contribution in [1.82, 2.24) is 9.88 Å². The molecule has 4 aromatic rings. The lowest BCUT2D eigenvalue weighted by molar-refractivity contribution is 0.0717. The molecule has 0 saturated carbocycles. The lowest BCUT2D eigenvalue weighted by atomic mass is 10.2. The quantitative estimate of drug-likeness (QED) is 0.533. The summed E-state index contributed by atoms with van der Waals surface area (Å²) in [5.41, 5.74) is 2.48. The summed E-state index contributed by atoms with van der Waals surface area (Å²) < 4.78 is 11.1. The van der Waals surface area contributed by atoms with Gasteiger partial charge in [0.25, 0.3) is 5.91 Å². The number of amides is 1. The van der Waals surface area contributed by atoms with Gasteiger partial charge < -0.3 is 19.0 Å². The molecule has 2 aromatic carbocycles. The molecule has 1 saturated heterocycles. The first-order valence-corrected chi connectivity index (χ1v) is 9.69. The summed E-state index contributed by atoms with van der Waals surface area (Å²) in [6.45, 7) is 2.94. The number of para-hydroxylation sites is 1. The third kappa shape index (κ3) is 3.27. The number of nitrogens with zero attached hydrogens (tertiary/aromatic N) is 3. The van der Waals surface area contributed by atoms with E-state index in [2.05, 4.69) is 22.0 Å². The van der Waals surface area contributed by atoms with E-state index in [1.54, 1.807) is 13.2 Å². The third-order valence-electron chi connectivity index (χ3n) is 5.41. The number of piperazine rings is 1. The van der Waals surface area contributed by atoms with Crippen LogP contribution in [0.4, 0.5) is 5.69 Å². The molecule has 29 heavy (non-hydrogen) atoms. The Morgan fingerprint density at radius 2 is 1.76 bits per heavy atom. The predicted molar refractivity (Wildman–Crippen MR) is 113 cm³/mol. The molecule has 1 aliphatic heterocycles. The van der Waals surface area contributed by atoms with Crippen LogP contribution >= 0.6 is 0 Å². The van der Waals surface area contributed by atoms with E-state index >= 15 is 0 Å². The molecule has 0 bridgehead atoms. The summed E-state index contributed by atoms with van der Waals surface area (Å²) in [5.74, 6) is 1.02. The van der Waals surface area contributed by atoms with Crippen molar-refractivity contribution in [3.05, 3.63) is 66.4 Å². The number of fused-ring (bicyclic) bond motifs is 2. The maximum atomic E-state index is 13.0. The second kappa shape index (κ2) is 7.13. The van der Waals surface area contributed by atoms with Crippen LogP contribution in [0.2, 0.25) is 0 Å². The van der Waals surface area contributed by atoms with Gasteiger partial charge >= 0.3 is 0 Å². The van der Waals surface area contributed by atoms with Gasteiger partial charge in [0.05, 0.1) is 12.6 Å². The van der Waals surface area contributed by atoms with Crippen LogP contribution in [0.3, 0.4) is 0 Å². The fraction of sp³-hybridized carbons (Fsp3) is 0.217. The summed E-state index contributed by atoms with van der Waals surface area (Å²) in [4.78, 5) is 21.7. The van der Waals surface area contributed by atoms with Crippen LogP contribution in [-0.4, -0.2) is 49.1 Å². The fourth-order valence-corrected chi connectivity index (χ4v) is 3.81. The van der Waals surface area contributed by atoms with Gasteiger partial charge in [-0.05, 0) is 42.5 Å². The second-order valence-electron chi connectivity index (χ2n) is 7.17. The zero-order valence-corrected chi connectivity index (χ0v) is 16.2. The SMILES string of the molecule is COc1ccc2nc3oc(C(=O)N4CCN(c5ccccc5)CC4)cc3cc2c1. The zero-order valence-electron chi connectivity index (χ0n) is 16.2. The summed E-state index contributed by atoms with van der Waals surface area (Å²) in [6.07, 6.45) is 0. The van der Waals surface area contributed by atoms with Crippen LogP contribution in [0.5, 0.6) is 5.75 Å². The van der Waals surface area contributed by atoms with Gasteiger partial charge in [-0.3, -0.25) is 4.79 Å². The number of hydrogen-bond acceptors (Lipinski definition) is 5. The molecule has 0 aliphatic carbocycles. The normalized spacial score (nSPS) is 14.5. The van der Waals surface area contributed by atoms with E-state index in [0.29, 0.717) is 24.6 Å². The Morgan fingerprint density at radius 1 is 0.966 bits per heavy atom. The number of furan rings is 1. The molecule has 0 atom stereocenters. The monoisotopic (exact) mass is 387 g/mol. The Hall–Kier alpha value is -3.54. The molecule has 2 aromatic heterocycles. The van der Waals surface area contributed by atoms with E-state index < -0.39 is 0 Å². The highest BCUT2D eigenvalue weighted by Crippen LogP contribution is 2.26. The zero-order chi connectivity index (χ0) is 19.8. The molecule has 5 rings (SSSR count). The van der Waals surface area contributed by atoms with E-state index in [4.69, 9.17) is 9.15 Å². The van der Waals surface area contributed by atoms with Gasteiger partial charge in [0.1, 0.15) is 5.75 Å². The standard InChI is InChI=1S/C23H21N3O3/c1-28-19-7-8-20-16(14-19)13-17-15-21(29-22(17)24-20)23(27)26-11-9-25(10-12-26)18-5-3-2-4-6-18/h2-8,13-15H,9-12H2,1H3. The highest BCUT2D eigenvalue weighted by molar-refractivity contribution is 5.98. The van der Waals surface area contributed by atoms with E-state index in [0.717, 1.165) is 35.1 Å². The van der Waals surface area contributed by atoms with Crippen LogP contribution in [0.25, 0.3) is 22.0 Å². The molecule has 6 nitrogen and oxygen atoms in total. The van der Waals surface area contributed by atoms with Crippen molar-refractivity contribution in [2.24, 2.45) is 0 Å². The number of carbonyl (C=O) groups excluding carboxylic acids is 1. The molecule has 3 heterocycles. The summed E-state index contributed by atoms with van der Waals surface area (Å²) in [6, 6.07) is 19.7. The van der Waals surface area contributed by atoms with Crippen molar-refractivity contribution in [3.8, 4) is 5.75 Å². The molecule has 1 aliphatic rings. The Balaban J connectivity index is 1.36. The largest absolute Gasteiger partial charge is 0.497 e. The van der Waals surface area contributed by atoms with Crippen molar-refractivity contribution in [3.63, 3.8) is 0 Å². The number of aromatic nitrogens is 1. The number of hydrogen-bond donors (Lipinski definition) is 0. The van der Waals surface area contributed by atoms with Gasteiger partial charge in [-0.1, -0.05) is 18.2 Å². The minimum Gasteiger partial charge on any atom is -0.497 e. The second-order valence-corrected chi connectivity index (χ2v) is 7.17. The number of benzene rings is 2. The van der Waals surface area contributed by atoms with Crippen molar-refractivity contribution in [1.29, 1.82) is 0 Å². The highest BCUT2D eigenvalue weighted by atomic mass is 16.5. The first kappa shape index (κ1) is 17.6. The molecule has 0 radical (unpaired) electrons. The van der Waals surface area contributed by atoms with Crippen LogP contribution in [0.15, 0.2) is 65.1 Å². The van der Waals surface area contributed by atoms with Crippen molar-refractivity contribution >= 4 is 33.6 Å². The summed E-state index contributed by atoms with van der Waals surface area (Å²) >= 11 is 0. The van der Waals surface area contributed by atoms with E-state index in [-0.39, 0.29) is 5.91 Å². The summed E-state index contributed by atoms with van der Waals surface area (Å²) in [5, 5.41) is 1.77. The van der Waals surface area contributed by atoms with Crippen LogP contribution in [0.1, 0.15) is 10.6 Å². The van der Waals surface area contributed by atoms with Gasteiger partial charge in [0, 0.05) is 42.6 Å². The summed E-state index contributed by atoms with van der Waals surface area (Å²) in [7, 11) is 1.64. The predicted octanol–water partition coefficient (Wildman–Crippen LogP) is 3.95. The third-order valence-corrected chi connectivity index (χ3v) is 5.41. The fourth-order valence-electron chi connectivity index (χ4n) is 3.81. The molecule has 146 valence electrons. The Labute approximate surface area is 168 Å². The van der Waals surface area contributed by atoms with Gasteiger partial charge in [0.2, 0.25) is 5.71 Å². The van der Waals surface area contributed by atoms with Gasteiger partial charge in [-0.2, -0.15) is 0 Å². The van der Waals surface area contributed by atoms with Crippen molar-refractivity contribution in [2.75, 3.05) is 38.2 Å². The molecule has 0 unspecified atom stereocenters. The first-order valence-electron chi connectivity index (χ1n) is 9.69.